The van der Waals surface area contributed by atoms with E-state index in [-0.39, 0.29) is 0 Å². The molecule has 0 spiro atoms. The molecule has 13 heavy (non-hydrogen) atoms. The molecule has 2 rings (SSSR count). The van der Waals surface area contributed by atoms with E-state index in [1.807, 2.05) is 18.3 Å². The number of pyridine rings is 1. The number of anilines is 2. The molecule has 0 saturated carbocycles. The number of fused-ring (bicyclic) bond motifs is 1. The standard InChI is InChI=1S/C9H12ClN3/c10-4-2-6-13-7-12-8-3-1-5-11-9(8)13/h1,3,5,12H,2,4,6-7H2. The lowest BCUT2D eigenvalue weighted by molar-refractivity contribution is 0.813. The van der Waals surface area contributed by atoms with Crippen molar-refractivity contribution in [2.75, 3.05) is 29.3 Å². The first kappa shape index (κ1) is 8.63. The minimum atomic E-state index is 0.707. The molecule has 2 heterocycles. The van der Waals surface area contributed by atoms with E-state index in [1.54, 1.807) is 0 Å². The molecule has 0 radical (unpaired) electrons. The lowest BCUT2D eigenvalue weighted by Gasteiger charge is -2.15. The molecule has 0 aliphatic carbocycles. The summed E-state index contributed by atoms with van der Waals surface area (Å²) in [6.45, 7) is 1.82. The Morgan fingerprint density at radius 2 is 2.54 bits per heavy atom. The molecule has 3 nitrogen and oxygen atoms in total. The fraction of sp³-hybridized carbons (Fsp3) is 0.444. The highest BCUT2D eigenvalue weighted by molar-refractivity contribution is 6.17. The van der Waals surface area contributed by atoms with Gasteiger partial charge in [0.15, 0.2) is 5.82 Å². The molecule has 1 aliphatic heterocycles. The van der Waals surface area contributed by atoms with E-state index in [4.69, 9.17) is 11.6 Å². The number of aromatic nitrogens is 1. The fourth-order valence-electron chi connectivity index (χ4n) is 1.48. The van der Waals surface area contributed by atoms with Crippen LogP contribution in [-0.4, -0.2) is 24.1 Å². The third kappa shape index (κ3) is 1.70. The monoisotopic (exact) mass is 197 g/mol. The van der Waals surface area contributed by atoms with Crippen molar-refractivity contribution in [2.45, 2.75) is 6.42 Å². The first-order valence-electron chi connectivity index (χ1n) is 4.41. The largest absolute Gasteiger partial charge is 0.365 e. The van der Waals surface area contributed by atoms with Crippen LogP contribution in [0.15, 0.2) is 18.3 Å². The van der Waals surface area contributed by atoms with Gasteiger partial charge < -0.3 is 10.2 Å². The summed E-state index contributed by atoms with van der Waals surface area (Å²) in [6.07, 6.45) is 2.82. The summed E-state index contributed by atoms with van der Waals surface area (Å²) in [5, 5.41) is 3.28. The van der Waals surface area contributed by atoms with Gasteiger partial charge in [-0.25, -0.2) is 4.98 Å². The number of rotatable bonds is 3. The first-order chi connectivity index (χ1) is 6.42. The van der Waals surface area contributed by atoms with Gasteiger partial charge in [0.1, 0.15) is 0 Å². The second kappa shape index (κ2) is 3.83. The lowest BCUT2D eigenvalue weighted by atomic mass is 10.4. The van der Waals surface area contributed by atoms with Crippen LogP contribution in [0.1, 0.15) is 6.42 Å². The van der Waals surface area contributed by atoms with Gasteiger partial charge in [-0.1, -0.05) is 0 Å². The van der Waals surface area contributed by atoms with Crippen molar-refractivity contribution >= 4 is 23.1 Å². The van der Waals surface area contributed by atoms with Gasteiger partial charge in [-0.05, 0) is 18.6 Å². The molecular formula is C9H12ClN3. The highest BCUT2D eigenvalue weighted by Crippen LogP contribution is 2.27. The molecule has 1 aromatic rings. The molecule has 0 aromatic carbocycles. The topological polar surface area (TPSA) is 28.2 Å². The first-order valence-corrected chi connectivity index (χ1v) is 4.95. The van der Waals surface area contributed by atoms with Crippen LogP contribution in [0.5, 0.6) is 0 Å². The van der Waals surface area contributed by atoms with E-state index in [0.717, 1.165) is 31.1 Å². The zero-order valence-corrected chi connectivity index (χ0v) is 8.09. The Morgan fingerprint density at radius 1 is 1.62 bits per heavy atom. The van der Waals surface area contributed by atoms with Crippen molar-refractivity contribution in [1.29, 1.82) is 0 Å². The number of halogens is 1. The van der Waals surface area contributed by atoms with E-state index < -0.39 is 0 Å². The molecule has 1 aromatic heterocycles. The highest BCUT2D eigenvalue weighted by Gasteiger charge is 2.17. The Morgan fingerprint density at radius 3 is 3.38 bits per heavy atom. The van der Waals surface area contributed by atoms with Crippen LogP contribution in [0.2, 0.25) is 0 Å². The molecule has 4 heteroatoms. The van der Waals surface area contributed by atoms with Crippen LogP contribution >= 0.6 is 11.6 Å². The zero-order chi connectivity index (χ0) is 9.10. The van der Waals surface area contributed by atoms with Crippen LogP contribution < -0.4 is 10.2 Å². The van der Waals surface area contributed by atoms with Gasteiger partial charge in [-0.3, -0.25) is 0 Å². The molecular weight excluding hydrogens is 186 g/mol. The van der Waals surface area contributed by atoms with Crippen LogP contribution in [0.25, 0.3) is 0 Å². The van der Waals surface area contributed by atoms with Gasteiger partial charge in [-0.2, -0.15) is 0 Å². The molecule has 0 fully saturated rings. The summed E-state index contributed by atoms with van der Waals surface area (Å²) >= 11 is 5.64. The Bertz CT molecular complexity index is 290. The lowest BCUT2D eigenvalue weighted by Crippen LogP contribution is -2.24. The van der Waals surface area contributed by atoms with E-state index >= 15 is 0 Å². The maximum absolute atomic E-state index is 5.64. The summed E-state index contributed by atoms with van der Waals surface area (Å²) in [5.74, 6) is 1.76. The average molecular weight is 198 g/mol. The second-order valence-corrected chi connectivity index (χ2v) is 3.39. The minimum Gasteiger partial charge on any atom is -0.365 e. The number of nitrogens with one attached hydrogen (secondary N) is 1. The predicted molar refractivity (Wildman–Crippen MR) is 55.4 cm³/mol. The van der Waals surface area contributed by atoms with Crippen molar-refractivity contribution in [1.82, 2.24) is 4.98 Å². The van der Waals surface area contributed by atoms with Gasteiger partial charge in [0.2, 0.25) is 0 Å². The minimum absolute atomic E-state index is 0.707. The quantitative estimate of drug-likeness (QED) is 0.751. The number of nitrogens with zero attached hydrogens (tertiary/aromatic N) is 2. The predicted octanol–water partition coefficient (Wildman–Crippen LogP) is 1.90. The van der Waals surface area contributed by atoms with Crippen molar-refractivity contribution < 1.29 is 0 Å². The molecule has 0 amide bonds. The Labute approximate surface area is 82.7 Å². The molecule has 1 aliphatic rings. The van der Waals surface area contributed by atoms with Crippen molar-refractivity contribution in [3.05, 3.63) is 18.3 Å². The SMILES string of the molecule is ClCCCN1CNc2cccnc21. The van der Waals surface area contributed by atoms with E-state index in [2.05, 4.69) is 15.2 Å². The maximum Gasteiger partial charge on any atom is 0.153 e. The smallest absolute Gasteiger partial charge is 0.153 e. The van der Waals surface area contributed by atoms with Gasteiger partial charge in [0.25, 0.3) is 0 Å². The Kier molecular flexibility index (Phi) is 2.54. The Balaban J connectivity index is 2.09. The van der Waals surface area contributed by atoms with Crippen LogP contribution in [0.4, 0.5) is 11.5 Å². The van der Waals surface area contributed by atoms with E-state index in [0.29, 0.717) is 5.88 Å². The van der Waals surface area contributed by atoms with Crippen LogP contribution in [0.3, 0.4) is 0 Å². The van der Waals surface area contributed by atoms with Gasteiger partial charge >= 0.3 is 0 Å². The molecule has 1 N–H and O–H groups in total. The summed E-state index contributed by atoms with van der Waals surface area (Å²) in [5.41, 5.74) is 1.12. The second-order valence-electron chi connectivity index (χ2n) is 3.02. The van der Waals surface area contributed by atoms with Gasteiger partial charge in [0, 0.05) is 18.6 Å². The summed E-state index contributed by atoms with van der Waals surface area (Å²) < 4.78 is 0. The van der Waals surface area contributed by atoms with Gasteiger partial charge in [0.05, 0.1) is 12.4 Å². The van der Waals surface area contributed by atoms with Crippen molar-refractivity contribution in [3.63, 3.8) is 0 Å². The highest BCUT2D eigenvalue weighted by atomic mass is 35.5. The molecule has 0 bridgehead atoms. The number of alkyl halides is 1. The van der Waals surface area contributed by atoms with Crippen molar-refractivity contribution in [3.8, 4) is 0 Å². The number of hydrogen-bond acceptors (Lipinski definition) is 3. The third-order valence-corrected chi connectivity index (χ3v) is 2.38. The van der Waals surface area contributed by atoms with Crippen molar-refractivity contribution in [2.24, 2.45) is 0 Å². The molecule has 70 valence electrons. The van der Waals surface area contributed by atoms with E-state index in [1.165, 1.54) is 0 Å². The summed E-state index contributed by atoms with van der Waals surface area (Å²) in [4.78, 5) is 6.52. The molecule has 0 saturated heterocycles. The molecule has 0 atom stereocenters. The Hall–Kier alpha value is -0.960. The van der Waals surface area contributed by atoms with Crippen LogP contribution in [-0.2, 0) is 0 Å². The molecule has 0 unspecified atom stereocenters. The summed E-state index contributed by atoms with van der Waals surface area (Å²) in [7, 11) is 0. The normalized spacial score (nSPS) is 14.1. The van der Waals surface area contributed by atoms with Gasteiger partial charge in [-0.15, -0.1) is 11.6 Å². The zero-order valence-electron chi connectivity index (χ0n) is 7.33. The van der Waals surface area contributed by atoms with E-state index in [9.17, 15) is 0 Å². The fourth-order valence-corrected chi connectivity index (χ4v) is 1.60. The maximum atomic E-state index is 5.64. The average Bonchev–Trinajstić information content (AvgIpc) is 2.58. The number of hydrogen-bond donors (Lipinski definition) is 1. The third-order valence-electron chi connectivity index (χ3n) is 2.11. The van der Waals surface area contributed by atoms with Crippen LogP contribution in [0, 0.1) is 0 Å². The summed E-state index contributed by atoms with van der Waals surface area (Å²) in [6, 6.07) is 3.99.